The van der Waals surface area contributed by atoms with E-state index in [4.69, 9.17) is 0 Å². The van der Waals surface area contributed by atoms with Crippen molar-refractivity contribution >= 4 is 5.91 Å². The van der Waals surface area contributed by atoms with Crippen molar-refractivity contribution in [2.24, 2.45) is 5.41 Å². The molecule has 0 unspecified atom stereocenters. The Kier molecular flexibility index (Phi) is 5.68. The van der Waals surface area contributed by atoms with E-state index in [-0.39, 0.29) is 17.4 Å². The highest BCUT2D eigenvalue weighted by atomic mass is 16.1. The standard InChI is InChI=1S/C22H29N5O/c1-16-12-17(2)27(25-16)13-18-6-8-19(9-7-18)21(28)24-20(22(3,4)5)14-26-11-10-23-15-26/h6-12,15,20H,13-14H2,1-5H3,(H,24,28)/t20-/m1/s1. The molecule has 2 aromatic heterocycles. The summed E-state index contributed by atoms with van der Waals surface area (Å²) in [5, 5.41) is 7.68. The number of nitrogens with one attached hydrogen (secondary N) is 1. The molecule has 6 nitrogen and oxygen atoms in total. The molecule has 0 saturated heterocycles. The number of hydrogen-bond donors (Lipinski definition) is 1. The number of hydrogen-bond acceptors (Lipinski definition) is 3. The number of carbonyl (C=O) groups is 1. The van der Waals surface area contributed by atoms with E-state index < -0.39 is 0 Å². The zero-order chi connectivity index (χ0) is 20.3. The summed E-state index contributed by atoms with van der Waals surface area (Å²) in [5.74, 6) is -0.0577. The Hall–Kier alpha value is -2.89. The number of imidazole rings is 1. The van der Waals surface area contributed by atoms with Gasteiger partial charge in [-0.3, -0.25) is 9.48 Å². The smallest absolute Gasteiger partial charge is 0.251 e. The van der Waals surface area contributed by atoms with Gasteiger partial charge in [0.15, 0.2) is 0 Å². The van der Waals surface area contributed by atoms with Gasteiger partial charge in [-0.1, -0.05) is 32.9 Å². The number of aryl methyl sites for hydroxylation is 2. The first-order valence-corrected chi connectivity index (χ1v) is 9.59. The first kappa shape index (κ1) is 19.9. The molecule has 0 aliphatic carbocycles. The maximum atomic E-state index is 12.8. The van der Waals surface area contributed by atoms with Gasteiger partial charge in [-0.15, -0.1) is 0 Å². The third-order valence-corrected chi connectivity index (χ3v) is 4.96. The first-order chi connectivity index (χ1) is 13.2. The van der Waals surface area contributed by atoms with E-state index in [2.05, 4.69) is 49.2 Å². The molecule has 6 heteroatoms. The van der Waals surface area contributed by atoms with Gasteiger partial charge in [0.2, 0.25) is 0 Å². The summed E-state index contributed by atoms with van der Waals surface area (Å²) in [6.07, 6.45) is 5.44. The van der Waals surface area contributed by atoms with E-state index in [1.807, 2.05) is 46.6 Å². The fourth-order valence-electron chi connectivity index (χ4n) is 3.15. The van der Waals surface area contributed by atoms with Crippen molar-refractivity contribution in [3.05, 3.63) is 71.6 Å². The fourth-order valence-corrected chi connectivity index (χ4v) is 3.15. The number of benzene rings is 1. The van der Waals surface area contributed by atoms with Crippen molar-refractivity contribution in [2.45, 2.75) is 53.8 Å². The maximum absolute atomic E-state index is 12.8. The van der Waals surface area contributed by atoms with Crippen molar-refractivity contribution in [1.82, 2.24) is 24.6 Å². The van der Waals surface area contributed by atoms with Crippen LogP contribution in [0.1, 0.15) is 48.1 Å². The van der Waals surface area contributed by atoms with Crippen molar-refractivity contribution < 1.29 is 4.79 Å². The molecule has 3 aromatic rings. The van der Waals surface area contributed by atoms with Crippen LogP contribution in [-0.2, 0) is 13.1 Å². The quantitative estimate of drug-likeness (QED) is 0.712. The zero-order valence-electron chi connectivity index (χ0n) is 17.3. The Bertz CT molecular complexity index is 917. The number of rotatable bonds is 6. The van der Waals surface area contributed by atoms with Crippen LogP contribution in [0.3, 0.4) is 0 Å². The van der Waals surface area contributed by atoms with Gasteiger partial charge < -0.3 is 9.88 Å². The van der Waals surface area contributed by atoms with Crippen LogP contribution in [0.5, 0.6) is 0 Å². The van der Waals surface area contributed by atoms with Gasteiger partial charge >= 0.3 is 0 Å². The third kappa shape index (κ3) is 4.88. The zero-order valence-corrected chi connectivity index (χ0v) is 17.3. The van der Waals surface area contributed by atoms with Gasteiger partial charge in [0, 0.05) is 30.2 Å². The van der Waals surface area contributed by atoms with Crippen molar-refractivity contribution in [3.63, 3.8) is 0 Å². The van der Waals surface area contributed by atoms with Crippen molar-refractivity contribution in [3.8, 4) is 0 Å². The fraction of sp³-hybridized carbons (Fsp3) is 0.409. The lowest BCUT2D eigenvalue weighted by Crippen LogP contribution is -2.46. The van der Waals surface area contributed by atoms with Crippen LogP contribution < -0.4 is 5.32 Å². The minimum atomic E-state index is -0.0741. The molecule has 1 amide bonds. The van der Waals surface area contributed by atoms with Crippen LogP contribution in [0.25, 0.3) is 0 Å². The molecule has 1 aromatic carbocycles. The number of nitrogens with zero attached hydrogens (tertiary/aromatic N) is 4. The Balaban J connectivity index is 1.68. The molecule has 0 aliphatic rings. The second-order valence-electron chi connectivity index (χ2n) is 8.43. The molecular formula is C22H29N5O. The van der Waals surface area contributed by atoms with E-state index in [1.54, 1.807) is 12.5 Å². The Labute approximate surface area is 166 Å². The van der Waals surface area contributed by atoms with Gasteiger partial charge in [-0.05, 0) is 43.0 Å². The minimum absolute atomic E-state index is 0.0106. The normalized spacial score (nSPS) is 12.8. The summed E-state index contributed by atoms with van der Waals surface area (Å²) >= 11 is 0. The SMILES string of the molecule is Cc1cc(C)n(Cc2ccc(C(=O)N[C@H](Cn3ccnc3)C(C)(C)C)cc2)n1. The molecule has 0 saturated carbocycles. The van der Waals surface area contributed by atoms with Crippen LogP contribution in [0.4, 0.5) is 0 Å². The summed E-state index contributed by atoms with van der Waals surface area (Å²) in [7, 11) is 0. The van der Waals surface area contributed by atoms with E-state index in [0.717, 1.165) is 17.0 Å². The highest BCUT2D eigenvalue weighted by Crippen LogP contribution is 2.21. The predicted octanol–water partition coefficient (Wildman–Crippen LogP) is 3.59. The summed E-state index contributed by atoms with van der Waals surface area (Å²) in [6.45, 7) is 11.8. The largest absolute Gasteiger partial charge is 0.347 e. The second kappa shape index (κ2) is 8.00. The molecule has 28 heavy (non-hydrogen) atoms. The lowest BCUT2D eigenvalue weighted by atomic mass is 9.86. The number of carbonyl (C=O) groups excluding carboxylic acids is 1. The number of amides is 1. The van der Waals surface area contributed by atoms with Gasteiger partial charge in [-0.2, -0.15) is 5.10 Å². The first-order valence-electron chi connectivity index (χ1n) is 9.59. The van der Waals surface area contributed by atoms with E-state index in [0.29, 0.717) is 18.7 Å². The second-order valence-corrected chi connectivity index (χ2v) is 8.43. The van der Waals surface area contributed by atoms with Crippen molar-refractivity contribution in [1.29, 1.82) is 0 Å². The highest BCUT2D eigenvalue weighted by Gasteiger charge is 2.27. The predicted molar refractivity (Wildman–Crippen MR) is 110 cm³/mol. The van der Waals surface area contributed by atoms with Gasteiger partial charge in [0.05, 0.1) is 24.6 Å². The van der Waals surface area contributed by atoms with Crippen LogP contribution in [0.15, 0.2) is 49.1 Å². The lowest BCUT2D eigenvalue weighted by Gasteiger charge is -2.31. The van der Waals surface area contributed by atoms with Crippen molar-refractivity contribution in [2.75, 3.05) is 0 Å². The molecule has 0 fully saturated rings. The molecule has 3 rings (SSSR count). The van der Waals surface area contributed by atoms with E-state index in [9.17, 15) is 4.79 Å². The third-order valence-electron chi connectivity index (χ3n) is 4.96. The Morgan fingerprint density at radius 1 is 1.18 bits per heavy atom. The molecular weight excluding hydrogens is 350 g/mol. The average molecular weight is 380 g/mol. The van der Waals surface area contributed by atoms with Crippen LogP contribution in [-0.4, -0.2) is 31.3 Å². The van der Waals surface area contributed by atoms with Crippen LogP contribution >= 0.6 is 0 Å². The average Bonchev–Trinajstić information content (AvgIpc) is 3.23. The van der Waals surface area contributed by atoms with E-state index >= 15 is 0 Å². The van der Waals surface area contributed by atoms with Crippen LogP contribution in [0.2, 0.25) is 0 Å². The Morgan fingerprint density at radius 2 is 1.89 bits per heavy atom. The molecule has 1 atom stereocenters. The summed E-state index contributed by atoms with van der Waals surface area (Å²) < 4.78 is 3.97. The van der Waals surface area contributed by atoms with E-state index in [1.165, 1.54) is 0 Å². The molecule has 0 spiro atoms. The molecule has 148 valence electrons. The van der Waals surface area contributed by atoms with Crippen LogP contribution in [0, 0.1) is 19.3 Å². The molecule has 2 heterocycles. The topological polar surface area (TPSA) is 64.7 Å². The molecule has 0 aliphatic heterocycles. The van der Waals surface area contributed by atoms with Gasteiger partial charge in [-0.25, -0.2) is 4.98 Å². The number of aromatic nitrogens is 4. The maximum Gasteiger partial charge on any atom is 0.251 e. The van der Waals surface area contributed by atoms with Gasteiger partial charge in [0.1, 0.15) is 0 Å². The molecule has 1 N–H and O–H groups in total. The van der Waals surface area contributed by atoms with Gasteiger partial charge in [0.25, 0.3) is 5.91 Å². The molecule has 0 bridgehead atoms. The minimum Gasteiger partial charge on any atom is -0.347 e. The highest BCUT2D eigenvalue weighted by molar-refractivity contribution is 5.94. The monoisotopic (exact) mass is 379 g/mol. The summed E-state index contributed by atoms with van der Waals surface area (Å²) in [5.41, 5.74) is 3.85. The lowest BCUT2D eigenvalue weighted by molar-refractivity contribution is 0.0892. The Morgan fingerprint density at radius 3 is 2.43 bits per heavy atom. The summed E-state index contributed by atoms with van der Waals surface area (Å²) in [6, 6.07) is 9.80. The summed E-state index contributed by atoms with van der Waals surface area (Å²) in [4.78, 5) is 16.9. The molecule has 0 radical (unpaired) electrons.